The van der Waals surface area contributed by atoms with Gasteiger partial charge in [0, 0.05) is 22.8 Å². The Morgan fingerprint density at radius 2 is 2.05 bits per heavy atom. The number of hydrogen-bond donors (Lipinski definition) is 1. The van der Waals surface area contributed by atoms with Gasteiger partial charge in [0.1, 0.15) is 5.15 Å². The normalized spacial score (nSPS) is 29.6. The van der Waals surface area contributed by atoms with Crippen LogP contribution in [0.2, 0.25) is 5.15 Å². The third-order valence-electron chi connectivity index (χ3n) is 3.98. The summed E-state index contributed by atoms with van der Waals surface area (Å²) in [7, 11) is 0. The first-order valence-corrected chi connectivity index (χ1v) is 7.55. The molecule has 1 amide bonds. The molecular formula is C13H14BrClN2O2. The van der Waals surface area contributed by atoms with Crippen LogP contribution in [0.4, 0.5) is 0 Å². The van der Waals surface area contributed by atoms with Crippen molar-refractivity contribution in [2.45, 2.75) is 43.9 Å². The Balaban J connectivity index is 1.90. The predicted molar refractivity (Wildman–Crippen MR) is 75.2 cm³/mol. The van der Waals surface area contributed by atoms with Crippen LogP contribution in [0, 0.1) is 0 Å². The third kappa shape index (κ3) is 2.39. The number of nitrogens with zero attached hydrogens (tertiary/aromatic N) is 2. The summed E-state index contributed by atoms with van der Waals surface area (Å²) in [5.41, 5.74) is 0.435. The monoisotopic (exact) mass is 344 g/mol. The second-order valence-electron chi connectivity index (χ2n) is 5.21. The molecule has 102 valence electrons. The summed E-state index contributed by atoms with van der Waals surface area (Å²) in [6.07, 6.45) is 4.56. The maximum Gasteiger partial charge on any atom is 0.257 e. The van der Waals surface area contributed by atoms with E-state index >= 15 is 0 Å². The van der Waals surface area contributed by atoms with Crippen LogP contribution < -0.4 is 0 Å². The smallest absolute Gasteiger partial charge is 0.257 e. The quantitative estimate of drug-likeness (QED) is 0.796. The van der Waals surface area contributed by atoms with Gasteiger partial charge in [-0.3, -0.25) is 4.79 Å². The van der Waals surface area contributed by atoms with Gasteiger partial charge >= 0.3 is 0 Å². The fraction of sp³-hybridized carbons (Fsp3) is 0.538. The molecule has 0 saturated carbocycles. The topological polar surface area (TPSA) is 53.4 Å². The molecule has 2 aliphatic heterocycles. The Labute approximate surface area is 124 Å². The average molecular weight is 346 g/mol. The van der Waals surface area contributed by atoms with E-state index in [-0.39, 0.29) is 29.2 Å². The zero-order chi connectivity index (χ0) is 13.6. The van der Waals surface area contributed by atoms with Crippen LogP contribution in [-0.2, 0) is 0 Å². The van der Waals surface area contributed by atoms with E-state index in [1.807, 2.05) is 4.90 Å². The van der Waals surface area contributed by atoms with Gasteiger partial charge < -0.3 is 10.0 Å². The summed E-state index contributed by atoms with van der Waals surface area (Å²) in [5, 5.41) is 10.0. The summed E-state index contributed by atoms with van der Waals surface area (Å²) < 4.78 is 0.740. The molecule has 2 atom stereocenters. The first-order chi connectivity index (χ1) is 9.06. The van der Waals surface area contributed by atoms with Crippen LogP contribution in [0.5, 0.6) is 0 Å². The molecule has 2 aliphatic rings. The van der Waals surface area contributed by atoms with E-state index in [0.717, 1.165) is 17.3 Å². The van der Waals surface area contributed by atoms with Crippen molar-refractivity contribution >= 4 is 33.4 Å². The van der Waals surface area contributed by atoms with Gasteiger partial charge in [0.05, 0.1) is 11.7 Å². The molecule has 2 fully saturated rings. The minimum Gasteiger partial charge on any atom is -0.393 e. The number of aliphatic hydroxyl groups excluding tert-OH is 1. The molecule has 3 heterocycles. The molecule has 2 bridgehead atoms. The predicted octanol–water partition coefficient (Wildman–Crippen LogP) is 2.63. The number of fused-ring (bicyclic) bond motifs is 2. The maximum atomic E-state index is 12.6. The Kier molecular flexibility index (Phi) is 3.53. The number of halogens is 2. The van der Waals surface area contributed by atoms with Gasteiger partial charge in [0.25, 0.3) is 5.91 Å². The standard InChI is InChI=1S/C13H14BrClN2O2/c14-7-3-11(12(15)16-6-7)13(19)17-8-1-2-9(17)5-10(18)4-8/h3,6,8-10,18H,1-2,4-5H2. The van der Waals surface area contributed by atoms with E-state index in [4.69, 9.17) is 11.6 Å². The van der Waals surface area contributed by atoms with Crippen molar-refractivity contribution in [1.82, 2.24) is 9.88 Å². The lowest BCUT2D eigenvalue weighted by molar-refractivity contribution is 0.0286. The molecular weight excluding hydrogens is 332 g/mol. The molecule has 1 N–H and O–H groups in total. The minimum absolute atomic E-state index is 0.0711. The summed E-state index contributed by atoms with van der Waals surface area (Å²) in [4.78, 5) is 18.5. The number of carbonyl (C=O) groups excluding carboxylic acids is 1. The lowest BCUT2D eigenvalue weighted by Gasteiger charge is -2.37. The molecule has 0 radical (unpaired) electrons. The van der Waals surface area contributed by atoms with Crippen LogP contribution in [0.1, 0.15) is 36.0 Å². The molecule has 0 aromatic carbocycles. The molecule has 2 unspecified atom stereocenters. The highest BCUT2D eigenvalue weighted by atomic mass is 79.9. The van der Waals surface area contributed by atoms with Gasteiger partial charge in [-0.25, -0.2) is 4.98 Å². The first kappa shape index (κ1) is 13.3. The number of amides is 1. The van der Waals surface area contributed by atoms with E-state index in [1.54, 1.807) is 12.3 Å². The average Bonchev–Trinajstić information content (AvgIpc) is 2.64. The summed E-state index contributed by atoms with van der Waals surface area (Å²) in [6.45, 7) is 0. The van der Waals surface area contributed by atoms with E-state index in [9.17, 15) is 9.90 Å². The van der Waals surface area contributed by atoms with Gasteiger partial charge in [0.15, 0.2) is 0 Å². The summed E-state index contributed by atoms with van der Waals surface area (Å²) in [6, 6.07) is 1.98. The zero-order valence-electron chi connectivity index (χ0n) is 10.2. The van der Waals surface area contributed by atoms with Gasteiger partial charge in [-0.15, -0.1) is 0 Å². The van der Waals surface area contributed by atoms with Crippen molar-refractivity contribution in [3.05, 3.63) is 27.5 Å². The number of aromatic nitrogens is 1. The highest BCUT2D eigenvalue weighted by Gasteiger charge is 2.43. The van der Waals surface area contributed by atoms with Crippen LogP contribution in [0.25, 0.3) is 0 Å². The zero-order valence-corrected chi connectivity index (χ0v) is 12.6. The van der Waals surface area contributed by atoms with Crippen molar-refractivity contribution in [3.63, 3.8) is 0 Å². The Morgan fingerprint density at radius 1 is 1.42 bits per heavy atom. The van der Waals surface area contributed by atoms with Crippen molar-refractivity contribution in [2.75, 3.05) is 0 Å². The van der Waals surface area contributed by atoms with Crippen molar-refractivity contribution in [2.24, 2.45) is 0 Å². The summed E-state index contributed by atoms with van der Waals surface area (Å²) >= 11 is 9.34. The van der Waals surface area contributed by atoms with Crippen molar-refractivity contribution < 1.29 is 9.90 Å². The van der Waals surface area contributed by atoms with Gasteiger partial charge in [-0.05, 0) is 47.7 Å². The number of piperidine rings is 1. The van der Waals surface area contributed by atoms with Crippen molar-refractivity contribution in [3.8, 4) is 0 Å². The molecule has 0 spiro atoms. The van der Waals surface area contributed by atoms with E-state index < -0.39 is 0 Å². The van der Waals surface area contributed by atoms with E-state index in [0.29, 0.717) is 18.4 Å². The lowest BCUT2D eigenvalue weighted by atomic mass is 9.99. The number of pyridine rings is 1. The Bertz CT molecular complexity index is 511. The fourth-order valence-corrected chi connectivity index (χ4v) is 3.71. The first-order valence-electron chi connectivity index (χ1n) is 6.38. The maximum absolute atomic E-state index is 12.6. The van der Waals surface area contributed by atoms with Crippen LogP contribution in [0.15, 0.2) is 16.7 Å². The molecule has 6 heteroatoms. The fourth-order valence-electron chi connectivity index (χ4n) is 3.19. The Morgan fingerprint density at radius 3 is 2.68 bits per heavy atom. The second kappa shape index (κ2) is 5.04. The van der Waals surface area contributed by atoms with Gasteiger partial charge in [-0.1, -0.05) is 11.6 Å². The number of rotatable bonds is 1. The molecule has 0 aliphatic carbocycles. The third-order valence-corrected chi connectivity index (χ3v) is 4.71. The molecule has 3 rings (SSSR count). The molecule has 1 aromatic heterocycles. The largest absolute Gasteiger partial charge is 0.393 e. The van der Waals surface area contributed by atoms with Crippen LogP contribution >= 0.6 is 27.5 Å². The molecule has 1 aromatic rings. The summed E-state index contributed by atoms with van der Waals surface area (Å²) in [5.74, 6) is -0.0711. The van der Waals surface area contributed by atoms with Crippen LogP contribution in [-0.4, -0.2) is 39.1 Å². The highest BCUT2D eigenvalue weighted by molar-refractivity contribution is 9.10. The number of carbonyl (C=O) groups is 1. The van der Waals surface area contributed by atoms with Gasteiger partial charge in [-0.2, -0.15) is 0 Å². The van der Waals surface area contributed by atoms with Crippen molar-refractivity contribution in [1.29, 1.82) is 0 Å². The molecule has 2 saturated heterocycles. The minimum atomic E-state index is -0.280. The van der Waals surface area contributed by atoms with E-state index in [1.165, 1.54) is 0 Å². The number of aliphatic hydroxyl groups is 1. The second-order valence-corrected chi connectivity index (χ2v) is 6.49. The molecule has 4 nitrogen and oxygen atoms in total. The number of hydrogen-bond acceptors (Lipinski definition) is 3. The van der Waals surface area contributed by atoms with Gasteiger partial charge in [0.2, 0.25) is 0 Å². The molecule has 19 heavy (non-hydrogen) atoms. The van der Waals surface area contributed by atoms with Crippen LogP contribution in [0.3, 0.4) is 0 Å². The Hall–Kier alpha value is -0.650. The van der Waals surface area contributed by atoms with E-state index in [2.05, 4.69) is 20.9 Å². The highest BCUT2D eigenvalue weighted by Crippen LogP contribution is 2.37. The lowest BCUT2D eigenvalue weighted by Crippen LogP contribution is -2.48. The SMILES string of the molecule is O=C(c1cc(Br)cnc1Cl)N1C2CCC1CC(O)C2.